The molecule has 2 rings (SSSR count). The first kappa shape index (κ1) is 16.9. The monoisotopic (exact) mass is 294 g/mol. The molecule has 0 spiro atoms. The first-order chi connectivity index (χ1) is 10.8. The van der Waals surface area contributed by atoms with Gasteiger partial charge in [-0.1, -0.05) is 64.0 Å². The molecule has 1 unspecified atom stereocenters. The van der Waals surface area contributed by atoms with Crippen molar-refractivity contribution in [1.29, 1.82) is 0 Å². The number of unbranched alkanes of at least 4 members (excludes halogenated alkanes) is 1. The summed E-state index contributed by atoms with van der Waals surface area (Å²) in [6, 6.07) is 9.07. The molecule has 0 bridgehead atoms. The van der Waals surface area contributed by atoms with E-state index in [4.69, 9.17) is 0 Å². The van der Waals surface area contributed by atoms with Gasteiger partial charge in [-0.2, -0.15) is 0 Å². The number of hydrogen-bond donors (Lipinski definition) is 0. The lowest BCUT2D eigenvalue weighted by Crippen LogP contribution is -2.29. The van der Waals surface area contributed by atoms with E-state index in [9.17, 15) is 0 Å². The Labute approximate surface area is 137 Å². The fourth-order valence-electron chi connectivity index (χ4n) is 3.69. The quantitative estimate of drug-likeness (QED) is 0.525. The second-order valence-corrected chi connectivity index (χ2v) is 6.54. The predicted octanol–water partition coefficient (Wildman–Crippen LogP) is 6.51. The zero-order valence-electron chi connectivity index (χ0n) is 14.5. The van der Waals surface area contributed by atoms with Crippen LogP contribution in [0.25, 0.3) is 5.57 Å². The minimum atomic E-state index is 0.239. The van der Waals surface area contributed by atoms with E-state index in [2.05, 4.69) is 63.0 Å². The zero-order valence-corrected chi connectivity index (χ0v) is 14.5. The lowest BCUT2D eigenvalue weighted by atomic mass is 9.66. The SMILES string of the molecule is CCCC#CCC1(CCC)CC=C(CCC)c2ccccc21. The lowest BCUT2D eigenvalue weighted by molar-refractivity contribution is 0.396. The Hall–Kier alpha value is -1.48. The molecule has 0 aliphatic heterocycles. The molecule has 118 valence electrons. The number of benzene rings is 1. The molecule has 0 nitrogen and oxygen atoms in total. The molecule has 0 heterocycles. The molecular formula is C22H30. The third-order valence-corrected chi connectivity index (χ3v) is 4.76. The molecular weight excluding hydrogens is 264 g/mol. The molecule has 1 aliphatic carbocycles. The van der Waals surface area contributed by atoms with Crippen molar-refractivity contribution in [2.45, 2.75) is 77.6 Å². The van der Waals surface area contributed by atoms with Gasteiger partial charge in [0.05, 0.1) is 0 Å². The van der Waals surface area contributed by atoms with Gasteiger partial charge in [0, 0.05) is 18.3 Å². The van der Waals surface area contributed by atoms with Crippen LogP contribution in [0.2, 0.25) is 0 Å². The van der Waals surface area contributed by atoms with Gasteiger partial charge in [-0.25, -0.2) is 0 Å². The highest BCUT2D eigenvalue weighted by molar-refractivity contribution is 5.72. The van der Waals surface area contributed by atoms with Crippen molar-refractivity contribution in [3.05, 3.63) is 41.5 Å². The summed E-state index contributed by atoms with van der Waals surface area (Å²) in [5, 5.41) is 0. The predicted molar refractivity (Wildman–Crippen MR) is 97.8 cm³/mol. The highest BCUT2D eigenvalue weighted by Gasteiger charge is 2.34. The number of hydrogen-bond acceptors (Lipinski definition) is 0. The summed E-state index contributed by atoms with van der Waals surface area (Å²) in [7, 11) is 0. The van der Waals surface area contributed by atoms with Gasteiger partial charge < -0.3 is 0 Å². The van der Waals surface area contributed by atoms with E-state index in [1.807, 2.05) is 0 Å². The summed E-state index contributed by atoms with van der Waals surface area (Å²) in [5.74, 6) is 6.85. The molecule has 0 heteroatoms. The zero-order chi connectivity index (χ0) is 15.8. The average Bonchev–Trinajstić information content (AvgIpc) is 2.55. The van der Waals surface area contributed by atoms with Gasteiger partial charge >= 0.3 is 0 Å². The number of rotatable bonds is 6. The van der Waals surface area contributed by atoms with Gasteiger partial charge in [0.2, 0.25) is 0 Å². The van der Waals surface area contributed by atoms with E-state index in [0.717, 1.165) is 25.7 Å². The van der Waals surface area contributed by atoms with Gasteiger partial charge in [0.15, 0.2) is 0 Å². The second-order valence-electron chi connectivity index (χ2n) is 6.54. The van der Waals surface area contributed by atoms with Crippen molar-refractivity contribution < 1.29 is 0 Å². The van der Waals surface area contributed by atoms with Crippen molar-refractivity contribution in [2.75, 3.05) is 0 Å². The van der Waals surface area contributed by atoms with Crippen LogP contribution in [0.15, 0.2) is 30.3 Å². The number of fused-ring (bicyclic) bond motifs is 1. The highest BCUT2D eigenvalue weighted by Crippen LogP contribution is 2.45. The topological polar surface area (TPSA) is 0 Å². The van der Waals surface area contributed by atoms with Crippen LogP contribution in [0, 0.1) is 11.8 Å². The Morgan fingerprint density at radius 2 is 1.82 bits per heavy atom. The molecule has 0 amide bonds. The summed E-state index contributed by atoms with van der Waals surface area (Å²) in [5.41, 5.74) is 4.82. The molecule has 1 atom stereocenters. The van der Waals surface area contributed by atoms with Crippen molar-refractivity contribution in [3.63, 3.8) is 0 Å². The Kier molecular flexibility index (Phi) is 6.32. The molecule has 1 aromatic carbocycles. The summed E-state index contributed by atoms with van der Waals surface area (Å²) >= 11 is 0. The smallest absolute Gasteiger partial charge is 0.0189 e. The van der Waals surface area contributed by atoms with Crippen LogP contribution in [0.1, 0.15) is 83.3 Å². The molecule has 1 aromatic rings. The van der Waals surface area contributed by atoms with Crippen LogP contribution in [-0.2, 0) is 5.41 Å². The first-order valence-electron chi connectivity index (χ1n) is 9.02. The second kappa shape index (κ2) is 8.23. The molecule has 0 radical (unpaired) electrons. The molecule has 0 saturated carbocycles. The Morgan fingerprint density at radius 3 is 2.55 bits per heavy atom. The van der Waals surface area contributed by atoms with Crippen LogP contribution < -0.4 is 0 Å². The van der Waals surface area contributed by atoms with Gasteiger partial charge in [-0.05, 0) is 42.4 Å². The first-order valence-corrected chi connectivity index (χ1v) is 9.02. The summed E-state index contributed by atoms with van der Waals surface area (Å²) in [6.07, 6.45) is 11.7. The number of allylic oxidation sites excluding steroid dienone is 2. The highest BCUT2D eigenvalue weighted by atomic mass is 14.4. The van der Waals surface area contributed by atoms with Crippen LogP contribution in [0.3, 0.4) is 0 Å². The van der Waals surface area contributed by atoms with E-state index >= 15 is 0 Å². The Bertz CT molecular complexity index is 567. The van der Waals surface area contributed by atoms with E-state index < -0.39 is 0 Å². The molecule has 0 N–H and O–H groups in total. The van der Waals surface area contributed by atoms with E-state index in [1.54, 1.807) is 11.1 Å². The lowest BCUT2D eigenvalue weighted by Gasteiger charge is -2.37. The maximum absolute atomic E-state index is 3.49. The largest absolute Gasteiger partial charge is 0.103 e. The Balaban J connectivity index is 2.37. The van der Waals surface area contributed by atoms with Crippen LogP contribution in [0.5, 0.6) is 0 Å². The van der Waals surface area contributed by atoms with E-state index in [-0.39, 0.29) is 5.41 Å². The van der Waals surface area contributed by atoms with Crippen molar-refractivity contribution in [1.82, 2.24) is 0 Å². The molecule has 0 fully saturated rings. The Morgan fingerprint density at radius 1 is 1.00 bits per heavy atom. The van der Waals surface area contributed by atoms with Crippen LogP contribution >= 0.6 is 0 Å². The van der Waals surface area contributed by atoms with Crippen LogP contribution in [-0.4, -0.2) is 0 Å². The molecule has 22 heavy (non-hydrogen) atoms. The minimum Gasteiger partial charge on any atom is -0.103 e. The van der Waals surface area contributed by atoms with Gasteiger partial charge in [-0.3, -0.25) is 0 Å². The standard InChI is InChI=1S/C22H30/c1-4-7-8-11-17-22(16-6-3)18-15-19(12-5-2)20-13-9-10-14-21(20)22/h9-10,13-15H,4-7,12,16-18H2,1-3H3. The normalized spacial score (nSPS) is 19.9. The van der Waals surface area contributed by atoms with Gasteiger partial charge in [0.1, 0.15) is 0 Å². The summed E-state index contributed by atoms with van der Waals surface area (Å²) in [6.45, 7) is 6.77. The van der Waals surface area contributed by atoms with Crippen molar-refractivity contribution in [3.8, 4) is 11.8 Å². The van der Waals surface area contributed by atoms with E-state index in [1.165, 1.54) is 31.2 Å². The molecule has 1 aliphatic rings. The van der Waals surface area contributed by atoms with Gasteiger partial charge in [-0.15, -0.1) is 11.8 Å². The third kappa shape index (κ3) is 3.64. The minimum absolute atomic E-state index is 0.239. The molecule has 0 aromatic heterocycles. The fourth-order valence-corrected chi connectivity index (χ4v) is 3.69. The maximum Gasteiger partial charge on any atom is 0.0189 e. The summed E-state index contributed by atoms with van der Waals surface area (Å²) in [4.78, 5) is 0. The summed E-state index contributed by atoms with van der Waals surface area (Å²) < 4.78 is 0. The van der Waals surface area contributed by atoms with Gasteiger partial charge in [0.25, 0.3) is 0 Å². The maximum atomic E-state index is 3.49. The average molecular weight is 294 g/mol. The van der Waals surface area contributed by atoms with Crippen molar-refractivity contribution in [2.24, 2.45) is 0 Å². The molecule has 0 saturated heterocycles. The van der Waals surface area contributed by atoms with Crippen LogP contribution in [0.4, 0.5) is 0 Å². The third-order valence-electron chi connectivity index (χ3n) is 4.76. The van der Waals surface area contributed by atoms with E-state index in [0.29, 0.717) is 0 Å². The fraction of sp³-hybridized carbons (Fsp3) is 0.545. The van der Waals surface area contributed by atoms with Crippen molar-refractivity contribution >= 4 is 5.57 Å².